The summed E-state index contributed by atoms with van der Waals surface area (Å²) in [5, 5.41) is 0. The molecule has 4 nitrogen and oxygen atoms in total. The Balaban J connectivity index is 2.57. The zero-order valence-electron chi connectivity index (χ0n) is 10.1. The van der Waals surface area contributed by atoms with Crippen LogP contribution in [0.15, 0.2) is 17.0 Å². The van der Waals surface area contributed by atoms with Gasteiger partial charge in [0.1, 0.15) is 12.1 Å². The normalized spacial score (nSPS) is 10.8. The summed E-state index contributed by atoms with van der Waals surface area (Å²) in [4.78, 5) is 12.7. The molecule has 1 aromatic rings. The molecular weight excluding hydrogens is 268 g/mol. The minimum absolute atomic E-state index is 0.960. The number of aromatic nitrogens is 2. The van der Waals surface area contributed by atoms with Gasteiger partial charge >= 0.3 is 0 Å². The second-order valence-electron chi connectivity index (χ2n) is 3.93. The summed E-state index contributed by atoms with van der Waals surface area (Å²) in [6, 6.07) is 0. The average Bonchev–Trinajstić information content (AvgIpc) is 2.25. The Morgan fingerprint density at radius 1 is 1.31 bits per heavy atom. The van der Waals surface area contributed by atoms with Gasteiger partial charge in [-0.3, -0.25) is 0 Å². The minimum atomic E-state index is 0.960. The van der Waals surface area contributed by atoms with Crippen molar-refractivity contribution in [1.29, 1.82) is 0 Å². The van der Waals surface area contributed by atoms with Crippen molar-refractivity contribution in [3.05, 3.63) is 17.0 Å². The molecule has 5 heteroatoms. The predicted molar refractivity (Wildman–Crippen MR) is 70.8 cm³/mol. The van der Waals surface area contributed by atoms with Gasteiger partial charge in [0.2, 0.25) is 0 Å². The number of halogens is 1. The first-order valence-electron chi connectivity index (χ1n) is 5.50. The molecule has 1 heterocycles. The fourth-order valence-corrected chi connectivity index (χ4v) is 2.00. The second-order valence-corrected chi connectivity index (χ2v) is 4.79. The van der Waals surface area contributed by atoms with E-state index in [9.17, 15) is 0 Å². The number of anilines is 1. The highest BCUT2D eigenvalue weighted by Crippen LogP contribution is 2.21. The Kier molecular flexibility index (Phi) is 5.69. The van der Waals surface area contributed by atoms with Crippen LogP contribution < -0.4 is 4.90 Å². The van der Waals surface area contributed by atoms with E-state index in [-0.39, 0.29) is 0 Å². The van der Waals surface area contributed by atoms with Crippen molar-refractivity contribution in [2.45, 2.75) is 13.3 Å². The largest absolute Gasteiger partial charge is 0.356 e. The van der Waals surface area contributed by atoms with Crippen molar-refractivity contribution in [3.8, 4) is 0 Å². The SMILES string of the molecule is CCN(CCCN(C)C)c1ncncc1Br. The first-order valence-corrected chi connectivity index (χ1v) is 6.29. The molecule has 1 rings (SSSR count). The Bertz CT molecular complexity index is 317. The van der Waals surface area contributed by atoms with Gasteiger partial charge in [-0.15, -0.1) is 0 Å². The van der Waals surface area contributed by atoms with Crippen molar-refractivity contribution in [2.75, 3.05) is 38.6 Å². The van der Waals surface area contributed by atoms with Crippen LogP contribution in [0, 0.1) is 0 Å². The van der Waals surface area contributed by atoms with Gasteiger partial charge in [-0.2, -0.15) is 0 Å². The Morgan fingerprint density at radius 3 is 2.62 bits per heavy atom. The van der Waals surface area contributed by atoms with Crippen LogP contribution in [-0.2, 0) is 0 Å². The molecule has 0 N–H and O–H groups in total. The lowest BCUT2D eigenvalue weighted by molar-refractivity contribution is 0.400. The van der Waals surface area contributed by atoms with E-state index in [4.69, 9.17) is 0 Å². The Labute approximate surface area is 106 Å². The summed E-state index contributed by atoms with van der Waals surface area (Å²) < 4.78 is 0.960. The zero-order chi connectivity index (χ0) is 12.0. The van der Waals surface area contributed by atoms with Gasteiger partial charge in [0.25, 0.3) is 0 Å². The number of hydrogen-bond donors (Lipinski definition) is 0. The quantitative estimate of drug-likeness (QED) is 0.801. The van der Waals surface area contributed by atoms with Crippen LogP contribution in [0.5, 0.6) is 0 Å². The molecular formula is C11H19BrN4. The Hall–Kier alpha value is -0.680. The molecule has 16 heavy (non-hydrogen) atoms. The monoisotopic (exact) mass is 286 g/mol. The highest BCUT2D eigenvalue weighted by molar-refractivity contribution is 9.10. The third-order valence-corrected chi connectivity index (χ3v) is 2.92. The van der Waals surface area contributed by atoms with Crippen molar-refractivity contribution < 1.29 is 0 Å². The molecule has 0 saturated heterocycles. The van der Waals surface area contributed by atoms with E-state index in [1.165, 1.54) is 0 Å². The van der Waals surface area contributed by atoms with Crippen molar-refractivity contribution in [2.24, 2.45) is 0 Å². The summed E-state index contributed by atoms with van der Waals surface area (Å²) in [6.07, 6.45) is 4.52. The zero-order valence-corrected chi connectivity index (χ0v) is 11.7. The van der Waals surface area contributed by atoms with Gasteiger partial charge < -0.3 is 9.80 Å². The van der Waals surface area contributed by atoms with Gasteiger partial charge in [0.05, 0.1) is 4.47 Å². The minimum Gasteiger partial charge on any atom is -0.356 e. The van der Waals surface area contributed by atoms with E-state index >= 15 is 0 Å². The molecule has 0 unspecified atom stereocenters. The first kappa shape index (κ1) is 13.4. The third kappa shape index (κ3) is 4.06. The number of nitrogens with zero attached hydrogens (tertiary/aromatic N) is 4. The molecule has 0 aliphatic heterocycles. The van der Waals surface area contributed by atoms with E-state index in [0.717, 1.165) is 36.3 Å². The molecule has 0 aromatic carbocycles. The maximum Gasteiger partial charge on any atom is 0.146 e. The predicted octanol–water partition coefficient (Wildman–Crippen LogP) is 2.02. The summed E-state index contributed by atoms with van der Waals surface area (Å²) in [6.45, 7) is 5.22. The van der Waals surface area contributed by atoms with Crippen LogP contribution in [0.25, 0.3) is 0 Å². The topological polar surface area (TPSA) is 32.3 Å². The highest BCUT2D eigenvalue weighted by Gasteiger charge is 2.09. The van der Waals surface area contributed by atoms with Gasteiger partial charge in [-0.1, -0.05) is 0 Å². The number of rotatable bonds is 6. The van der Waals surface area contributed by atoms with E-state index in [0.29, 0.717) is 0 Å². The highest BCUT2D eigenvalue weighted by atomic mass is 79.9. The molecule has 90 valence electrons. The summed E-state index contributed by atoms with van der Waals surface area (Å²) >= 11 is 3.48. The standard InChI is InChI=1S/C11H19BrN4/c1-4-16(7-5-6-15(2)3)11-10(12)8-13-9-14-11/h8-9H,4-7H2,1-3H3. The third-order valence-electron chi connectivity index (χ3n) is 2.36. The van der Waals surface area contributed by atoms with Gasteiger partial charge in [0.15, 0.2) is 0 Å². The molecule has 0 amide bonds. The van der Waals surface area contributed by atoms with Crippen LogP contribution >= 0.6 is 15.9 Å². The maximum atomic E-state index is 4.30. The molecule has 0 fully saturated rings. The summed E-state index contributed by atoms with van der Waals surface area (Å²) in [5.74, 6) is 0.983. The fraction of sp³-hybridized carbons (Fsp3) is 0.636. The van der Waals surface area contributed by atoms with Crippen LogP contribution in [-0.4, -0.2) is 48.6 Å². The molecule has 0 aliphatic rings. The van der Waals surface area contributed by atoms with E-state index < -0.39 is 0 Å². The maximum absolute atomic E-state index is 4.30. The molecule has 0 radical (unpaired) electrons. The molecule has 0 spiro atoms. The van der Waals surface area contributed by atoms with Crippen molar-refractivity contribution >= 4 is 21.7 Å². The van der Waals surface area contributed by atoms with Gasteiger partial charge in [-0.05, 0) is 49.9 Å². The van der Waals surface area contributed by atoms with Crippen LogP contribution in [0.2, 0.25) is 0 Å². The smallest absolute Gasteiger partial charge is 0.146 e. The molecule has 0 atom stereocenters. The molecule has 0 aliphatic carbocycles. The van der Waals surface area contributed by atoms with E-state index in [1.54, 1.807) is 12.5 Å². The summed E-state index contributed by atoms with van der Waals surface area (Å²) in [5.41, 5.74) is 0. The average molecular weight is 287 g/mol. The molecule has 0 saturated carbocycles. The van der Waals surface area contributed by atoms with Crippen LogP contribution in [0.3, 0.4) is 0 Å². The lowest BCUT2D eigenvalue weighted by atomic mass is 10.3. The van der Waals surface area contributed by atoms with Crippen LogP contribution in [0.4, 0.5) is 5.82 Å². The first-order chi connectivity index (χ1) is 7.65. The fourth-order valence-electron chi connectivity index (χ4n) is 1.53. The van der Waals surface area contributed by atoms with Gasteiger partial charge in [-0.25, -0.2) is 9.97 Å². The Morgan fingerprint density at radius 2 is 2.06 bits per heavy atom. The lowest BCUT2D eigenvalue weighted by Crippen LogP contribution is -2.28. The lowest BCUT2D eigenvalue weighted by Gasteiger charge is -2.23. The van der Waals surface area contributed by atoms with E-state index in [2.05, 4.69) is 56.7 Å². The number of hydrogen-bond acceptors (Lipinski definition) is 4. The van der Waals surface area contributed by atoms with Crippen molar-refractivity contribution in [1.82, 2.24) is 14.9 Å². The van der Waals surface area contributed by atoms with Crippen molar-refractivity contribution in [3.63, 3.8) is 0 Å². The van der Waals surface area contributed by atoms with E-state index in [1.807, 2.05) is 0 Å². The van der Waals surface area contributed by atoms with Crippen LogP contribution in [0.1, 0.15) is 13.3 Å². The molecule has 0 bridgehead atoms. The molecule has 1 aromatic heterocycles. The van der Waals surface area contributed by atoms with Gasteiger partial charge in [0, 0.05) is 19.3 Å². The second kappa shape index (κ2) is 6.81. The summed E-state index contributed by atoms with van der Waals surface area (Å²) in [7, 11) is 4.19.